The molecule has 0 spiro atoms. The molecule has 3 aromatic rings. The summed E-state index contributed by atoms with van der Waals surface area (Å²) in [5.74, 6) is -1.42. The Morgan fingerprint density at radius 2 is 1.72 bits per heavy atom. The number of rotatable bonds is 5. The monoisotopic (exact) mass is 411 g/mol. The number of hydrogen-bond donors (Lipinski definition) is 4. The number of halogens is 1. The first kappa shape index (κ1) is 20.2. The van der Waals surface area contributed by atoms with Crippen LogP contribution in [0.4, 0.5) is 0 Å². The Morgan fingerprint density at radius 3 is 2.31 bits per heavy atom. The van der Waals surface area contributed by atoms with Crippen LogP contribution in [-0.2, 0) is 4.79 Å². The number of carbonyl (C=O) groups excluding carboxylic acids is 2. The van der Waals surface area contributed by atoms with Gasteiger partial charge < -0.3 is 21.1 Å². The van der Waals surface area contributed by atoms with Crippen molar-refractivity contribution in [2.24, 2.45) is 5.73 Å². The molecule has 0 saturated heterocycles. The van der Waals surface area contributed by atoms with Crippen LogP contribution in [-0.4, -0.2) is 21.9 Å². The second kappa shape index (κ2) is 8.20. The quantitative estimate of drug-likeness (QED) is 0.515. The van der Waals surface area contributed by atoms with Crippen molar-refractivity contribution in [1.82, 2.24) is 10.3 Å². The fourth-order valence-corrected chi connectivity index (χ4v) is 3.04. The maximum absolute atomic E-state index is 12.8. The van der Waals surface area contributed by atoms with Crippen LogP contribution >= 0.6 is 11.6 Å². The van der Waals surface area contributed by atoms with Crippen LogP contribution in [0.1, 0.15) is 27.7 Å². The van der Waals surface area contributed by atoms with Gasteiger partial charge in [-0.25, -0.2) is 0 Å². The van der Waals surface area contributed by atoms with E-state index in [2.05, 4.69) is 10.3 Å². The number of nitrogens with one attached hydrogen (secondary N) is 2. The van der Waals surface area contributed by atoms with Crippen LogP contribution in [0.15, 0.2) is 59.4 Å². The van der Waals surface area contributed by atoms with Gasteiger partial charge >= 0.3 is 0 Å². The zero-order chi connectivity index (χ0) is 21.1. The van der Waals surface area contributed by atoms with E-state index in [1.165, 1.54) is 18.2 Å². The first-order valence-corrected chi connectivity index (χ1v) is 9.03. The molecule has 3 rings (SSSR count). The number of phenolic OH excluding ortho intramolecular Hbond substituents is 1. The highest BCUT2D eigenvalue weighted by Gasteiger charge is 2.23. The Labute approximate surface area is 171 Å². The van der Waals surface area contributed by atoms with Gasteiger partial charge in [-0.3, -0.25) is 14.4 Å². The van der Waals surface area contributed by atoms with Crippen molar-refractivity contribution in [3.63, 3.8) is 0 Å². The standard InChI is InChI=1S/C21H18ClN3O4/c1-11-16(12-4-8-15(26)9-5-12)10-17(20(28)24-11)21(29)25-18(19(23)27)13-2-6-14(22)7-3-13/h2-10,18,26H,1H3,(H2,23,27)(H,24,28)(H,25,29). The predicted octanol–water partition coefficient (Wildman–Crippen LogP) is 2.67. The largest absolute Gasteiger partial charge is 0.508 e. The number of phenols is 1. The molecule has 0 aliphatic rings. The van der Waals surface area contributed by atoms with Crippen molar-refractivity contribution in [3.8, 4) is 16.9 Å². The van der Waals surface area contributed by atoms with E-state index in [1.54, 1.807) is 43.3 Å². The lowest BCUT2D eigenvalue weighted by molar-refractivity contribution is -0.120. The number of H-pyrrole nitrogens is 1. The van der Waals surface area contributed by atoms with E-state index in [4.69, 9.17) is 17.3 Å². The second-order valence-electron chi connectivity index (χ2n) is 6.46. The minimum absolute atomic E-state index is 0.0982. The number of benzene rings is 2. The molecule has 0 saturated carbocycles. The number of carbonyl (C=O) groups is 2. The van der Waals surface area contributed by atoms with Crippen molar-refractivity contribution in [2.45, 2.75) is 13.0 Å². The molecule has 1 unspecified atom stereocenters. The number of aromatic nitrogens is 1. The predicted molar refractivity (Wildman–Crippen MR) is 110 cm³/mol. The molecule has 0 fully saturated rings. The summed E-state index contributed by atoms with van der Waals surface area (Å²) in [4.78, 5) is 39.6. The number of pyridine rings is 1. The molecule has 1 atom stereocenters. The number of hydrogen-bond acceptors (Lipinski definition) is 4. The van der Waals surface area contributed by atoms with E-state index in [1.807, 2.05) is 0 Å². The third kappa shape index (κ3) is 4.47. The molecular formula is C21H18ClN3O4. The summed E-state index contributed by atoms with van der Waals surface area (Å²) in [5, 5.41) is 12.4. The molecule has 1 aromatic heterocycles. The Bertz CT molecular complexity index is 1120. The lowest BCUT2D eigenvalue weighted by Crippen LogP contribution is -2.39. The highest BCUT2D eigenvalue weighted by Crippen LogP contribution is 2.24. The summed E-state index contributed by atoms with van der Waals surface area (Å²) in [5.41, 5.74) is 6.98. The van der Waals surface area contributed by atoms with Crippen molar-refractivity contribution in [2.75, 3.05) is 0 Å². The van der Waals surface area contributed by atoms with Gasteiger partial charge in [0.25, 0.3) is 11.5 Å². The van der Waals surface area contributed by atoms with Crippen molar-refractivity contribution < 1.29 is 14.7 Å². The van der Waals surface area contributed by atoms with Gasteiger partial charge in [0, 0.05) is 16.3 Å². The average molecular weight is 412 g/mol. The van der Waals surface area contributed by atoms with Gasteiger partial charge in [0.2, 0.25) is 5.91 Å². The van der Waals surface area contributed by atoms with Crippen molar-refractivity contribution in [3.05, 3.63) is 86.8 Å². The first-order chi connectivity index (χ1) is 13.8. The molecule has 7 nitrogen and oxygen atoms in total. The second-order valence-corrected chi connectivity index (χ2v) is 6.89. The van der Waals surface area contributed by atoms with Crippen LogP contribution in [0.3, 0.4) is 0 Å². The number of aryl methyl sites for hydroxylation is 1. The molecule has 0 bridgehead atoms. The summed E-state index contributed by atoms with van der Waals surface area (Å²) in [6, 6.07) is 12.9. The van der Waals surface area contributed by atoms with E-state index >= 15 is 0 Å². The summed E-state index contributed by atoms with van der Waals surface area (Å²) in [7, 11) is 0. The van der Waals surface area contributed by atoms with Gasteiger partial charge in [-0.1, -0.05) is 35.9 Å². The fraction of sp³-hybridized carbons (Fsp3) is 0.0952. The highest BCUT2D eigenvalue weighted by atomic mass is 35.5. The zero-order valence-electron chi connectivity index (χ0n) is 15.4. The van der Waals surface area contributed by atoms with Crippen LogP contribution in [0.5, 0.6) is 5.75 Å². The maximum atomic E-state index is 12.8. The van der Waals surface area contributed by atoms with Crippen LogP contribution in [0.2, 0.25) is 5.02 Å². The molecule has 2 amide bonds. The summed E-state index contributed by atoms with van der Waals surface area (Å²) in [6.45, 7) is 1.70. The van der Waals surface area contributed by atoms with Crippen molar-refractivity contribution >= 4 is 23.4 Å². The van der Waals surface area contributed by atoms with E-state index in [-0.39, 0.29) is 11.3 Å². The molecular weight excluding hydrogens is 394 g/mol. The lowest BCUT2D eigenvalue weighted by atomic mass is 10.0. The molecule has 29 heavy (non-hydrogen) atoms. The maximum Gasteiger partial charge on any atom is 0.261 e. The SMILES string of the molecule is Cc1[nH]c(=O)c(C(=O)NC(C(N)=O)c2ccc(Cl)cc2)cc1-c1ccc(O)cc1. The molecule has 0 aliphatic heterocycles. The molecule has 0 aliphatic carbocycles. The molecule has 2 aromatic carbocycles. The summed E-state index contributed by atoms with van der Waals surface area (Å²) in [6.07, 6.45) is 0. The van der Waals surface area contributed by atoms with Gasteiger partial charge in [-0.05, 0) is 48.4 Å². The Hall–Kier alpha value is -3.58. The average Bonchev–Trinajstić information content (AvgIpc) is 2.67. The Balaban J connectivity index is 1.96. The number of primary amides is 1. The number of nitrogens with two attached hydrogens (primary N) is 1. The smallest absolute Gasteiger partial charge is 0.261 e. The molecule has 0 radical (unpaired) electrons. The normalized spacial score (nSPS) is 11.7. The van der Waals surface area contributed by atoms with E-state index in [0.29, 0.717) is 27.4 Å². The third-order valence-electron chi connectivity index (χ3n) is 4.42. The van der Waals surface area contributed by atoms with Gasteiger partial charge in [-0.2, -0.15) is 0 Å². The summed E-state index contributed by atoms with van der Waals surface area (Å²) >= 11 is 5.85. The molecule has 8 heteroatoms. The molecule has 1 heterocycles. The zero-order valence-corrected chi connectivity index (χ0v) is 16.2. The van der Waals surface area contributed by atoms with Crippen LogP contribution in [0.25, 0.3) is 11.1 Å². The Morgan fingerprint density at radius 1 is 1.10 bits per heavy atom. The molecule has 5 N–H and O–H groups in total. The lowest BCUT2D eigenvalue weighted by Gasteiger charge is -2.16. The minimum Gasteiger partial charge on any atom is -0.508 e. The number of amides is 2. The van der Waals surface area contributed by atoms with Crippen LogP contribution in [0, 0.1) is 6.92 Å². The minimum atomic E-state index is -1.13. The number of aromatic hydroxyl groups is 1. The van der Waals surface area contributed by atoms with Crippen molar-refractivity contribution in [1.29, 1.82) is 0 Å². The number of aromatic amines is 1. The van der Waals surface area contributed by atoms with E-state index in [0.717, 1.165) is 0 Å². The molecule has 148 valence electrons. The Kier molecular flexibility index (Phi) is 5.70. The topological polar surface area (TPSA) is 125 Å². The van der Waals surface area contributed by atoms with E-state index < -0.39 is 23.4 Å². The summed E-state index contributed by atoms with van der Waals surface area (Å²) < 4.78 is 0. The van der Waals surface area contributed by atoms with E-state index in [9.17, 15) is 19.5 Å². The van der Waals surface area contributed by atoms with Gasteiger partial charge in [0.15, 0.2) is 0 Å². The van der Waals surface area contributed by atoms with Crippen LogP contribution < -0.4 is 16.6 Å². The third-order valence-corrected chi connectivity index (χ3v) is 4.68. The fourth-order valence-electron chi connectivity index (χ4n) is 2.92. The van der Waals surface area contributed by atoms with Gasteiger partial charge in [0.1, 0.15) is 17.4 Å². The van der Waals surface area contributed by atoms with Gasteiger partial charge in [-0.15, -0.1) is 0 Å². The van der Waals surface area contributed by atoms with Gasteiger partial charge in [0.05, 0.1) is 0 Å². The highest BCUT2D eigenvalue weighted by molar-refractivity contribution is 6.30. The first-order valence-electron chi connectivity index (χ1n) is 8.65.